The van der Waals surface area contributed by atoms with Crippen LogP contribution in [0, 0.1) is 5.82 Å². The minimum absolute atomic E-state index is 0.0768. The lowest BCUT2D eigenvalue weighted by Gasteiger charge is -2.28. The van der Waals surface area contributed by atoms with Crippen LogP contribution in [0.15, 0.2) is 54.6 Å². The fraction of sp³-hybridized carbons (Fsp3) is 0.348. The average molecular weight is 368 g/mol. The molecule has 4 heteroatoms. The first-order chi connectivity index (χ1) is 13.1. The lowest BCUT2D eigenvalue weighted by Crippen LogP contribution is -2.22. The summed E-state index contributed by atoms with van der Waals surface area (Å²) in [5, 5.41) is 0. The minimum atomic E-state index is -0.345. The fourth-order valence-corrected chi connectivity index (χ4v) is 3.58. The van der Waals surface area contributed by atoms with Gasteiger partial charge in [0.15, 0.2) is 12.1 Å². The number of fused-ring (bicyclic) bond motifs is 1. The normalized spacial score (nSPS) is 16.1. The quantitative estimate of drug-likeness (QED) is 0.464. The Hall–Kier alpha value is -2.30. The van der Waals surface area contributed by atoms with Gasteiger partial charge >= 0.3 is 0 Å². The van der Waals surface area contributed by atoms with Crippen LogP contribution >= 0.6 is 0 Å². The molecule has 3 rings (SSSR count). The van der Waals surface area contributed by atoms with E-state index in [1.54, 1.807) is 0 Å². The van der Waals surface area contributed by atoms with Crippen LogP contribution in [-0.4, -0.2) is 25.3 Å². The predicted molar refractivity (Wildman–Crippen MR) is 104 cm³/mol. The number of rotatable bonds is 8. The Morgan fingerprint density at radius 1 is 1.07 bits per heavy atom. The molecule has 1 aliphatic carbocycles. The van der Waals surface area contributed by atoms with Crippen molar-refractivity contribution in [2.45, 2.75) is 38.9 Å². The molecule has 0 amide bonds. The van der Waals surface area contributed by atoms with Gasteiger partial charge in [-0.25, -0.2) is 4.39 Å². The Morgan fingerprint density at radius 2 is 1.74 bits per heavy atom. The first-order valence-corrected chi connectivity index (χ1v) is 9.47. The lowest BCUT2D eigenvalue weighted by atomic mass is 9.79. The molecule has 3 nitrogen and oxygen atoms in total. The number of ether oxygens (including phenoxy) is 2. The smallest absolute Gasteiger partial charge is 0.193 e. The largest absolute Gasteiger partial charge is 0.353 e. The highest BCUT2D eigenvalue weighted by atomic mass is 19.1. The van der Waals surface area contributed by atoms with Crippen LogP contribution in [0.1, 0.15) is 54.1 Å². The maximum Gasteiger partial charge on any atom is 0.193 e. The Kier molecular flexibility index (Phi) is 6.54. The van der Waals surface area contributed by atoms with Gasteiger partial charge in [-0.1, -0.05) is 30.3 Å². The maximum atomic E-state index is 13.2. The SMILES string of the molecule is CCOC(CC1CC=C(C(=O)c2ccc(F)cc2)c2ccccc21)OCC. The van der Waals surface area contributed by atoms with Gasteiger partial charge in [-0.15, -0.1) is 0 Å². The minimum Gasteiger partial charge on any atom is -0.353 e. The van der Waals surface area contributed by atoms with Crippen molar-refractivity contribution in [1.29, 1.82) is 0 Å². The van der Waals surface area contributed by atoms with E-state index in [4.69, 9.17) is 9.47 Å². The molecule has 0 saturated carbocycles. The van der Waals surface area contributed by atoms with Gasteiger partial charge in [-0.05, 0) is 61.6 Å². The Balaban J connectivity index is 1.86. The van der Waals surface area contributed by atoms with Crippen molar-refractivity contribution in [3.05, 3.63) is 77.1 Å². The van der Waals surface area contributed by atoms with Gasteiger partial charge in [0, 0.05) is 30.8 Å². The van der Waals surface area contributed by atoms with Crippen molar-refractivity contribution < 1.29 is 18.7 Å². The van der Waals surface area contributed by atoms with E-state index in [0.29, 0.717) is 24.4 Å². The van der Waals surface area contributed by atoms with Crippen molar-refractivity contribution in [2.75, 3.05) is 13.2 Å². The summed E-state index contributed by atoms with van der Waals surface area (Å²) in [6.07, 6.45) is 3.23. The predicted octanol–water partition coefficient (Wildman–Crippen LogP) is 5.37. The topological polar surface area (TPSA) is 35.5 Å². The lowest BCUT2D eigenvalue weighted by molar-refractivity contribution is -0.142. The van der Waals surface area contributed by atoms with E-state index in [-0.39, 0.29) is 23.8 Å². The Bertz CT molecular complexity index is 805. The summed E-state index contributed by atoms with van der Waals surface area (Å²) >= 11 is 0. The molecule has 2 aromatic rings. The Labute approximate surface area is 159 Å². The van der Waals surface area contributed by atoms with Gasteiger partial charge < -0.3 is 9.47 Å². The molecular weight excluding hydrogens is 343 g/mol. The summed E-state index contributed by atoms with van der Waals surface area (Å²) in [6.45, 7) is 5.12. The number of allylic oxidation sites excluding steroid dienone is 2. The second-order valence-electron chi connectivity index (χ2n) is 6.55. The van der Waals surface area contributed by atoms with Crippen LogP contribution in [0.25, 0.3) is 5.57 Å². The summed E-state index contributed by atoms with van der Waals surface area (Å²) in [5.74, 6) is -0.191. The molecule has 0 aliphatic heterocycles. The second kappa shape index (κ2) is 9.07. The molecule has 0 N–H and O–H groups in total. The van der Waals surface area contributed by atoms with Gasteiger partial charge in [0.2, 0.25) is 0 Å². The highest BCUT2D eigenvalue weighted by molar-refractivity contribution is 6.29. The zero-order valence-electron chi connectivity index (χ0n) is 15.8. The maximum absolute atomic E-state index is 13.2. The van der Waals surface area contributed by atoms with Crippen molar-refractivity contribution in [3.8, 4) is 0 Å². The monoisotopic (exact) mass is 368 g/mol. The molecule has 0 aromatic heterocycles. The van der Waals surface area contributed by atoms with Gasteiger partial charge in [0.1, 0.15) is 5.82 Å². The summed E-state index contributed by atoms with van der Waals surface area (Å²) in [7, 11) is 0. The highest BCUT2D eigenvalue weighted by Gasteiger charge is 2.27. The van der Waals surface area contributed by atoms with Crippen molar-refractivity contribution in [1.82, 2.24) is 0 Å². The average Bonchev–Trinajstić information content (AvgIpc) is 2.69. The summed E-state index contributed by atoms with van der Waals surface area (Å²) in [6, 6.07) is 13.7. The number of benzene rings is 2. The summed E-state index contributed by atoms with van der Waals surface area (Å²) in [4.78, 5) is 13.0. The zero-order valence-corrected chi connectivity index (χ0v) is 15.8. The molecule has 1 unspecified atom stereocenters. The van der Waals surface area contributed by atoms with Crippen LogP contribution in [0.4, 0.5) is 4.39 Å². The molecule has 0 heterocycles. The van der Waals surface area contributed by atoms with Crippen LogP contribution in [0.5, 0.6) is 0 Å². The second-order valence-corrected chi connectivity index (χ2v) is 6.55. The van der Waals surface area contributed by atoms with E-state index in [9.17, 15) is 9.18 Å². The highest BCUT2D eigenvalue weighted by Crippen LogP contribution is 2.38. The molecule has 0 spiro atoms. The molecule has 0 bridgehead atoms. The third-order valence-electron chi connectivity index (χ3n) is 4.83. The molecule has 0 fully saturated rings. The molecule has 0 radical (unpaired) electrons. The number of halogens is 1. The molecule has 142 valence electrons. The number of carbonyl (C=O) groups excluding carboxylic acids is 1. The Morgan fingerprint density at radius 3 is 2.41 bits per heavy atom. The summed E-state index contributed by atoms with van der Waals surface area (Å²) < 4.78 is 24.6. The van der Waals surface area contributed by atoms with Gasteiger partial charge in [0.05, 0.1) is 0 Å². The van der Waals surface area contributed by atoms with E-state index in [0.717, 1.165) is 24.0 Å². The number of ketones is 1. The van der Waals surface area contributed by atoms with Crippen molar-refractivity contribution in [2.24, 2.45) is 0 Å². The standard InChI is InChI=1S/C23H25FO3/c1-3-26-22(27-4-2)15-17-11-14-21(20-8-6-5-7-19(17)20)23(25)16-9-12-18(24)13-10-16/h5-10,12-14,17,22H,3-4,11,15H2,1-2H3. The van der Waals surface area contributed by atoms with E-state index in [1.807, 2.05) is 38.1 Å². The molecular formula is C23H25FO3. The number of Topliss-reactive ketones (excluding diaryl/α,β-unsaturated/α-hetero) is 1. The van der Waals surface area contributed by atoms with Crippen LogP contribution in [-0.2, 0) is 9.47 Å². The van der Waals surface area contributed by atoms with Gasteiger partial charge in [-0.3, -0.25) is 4.79 Å². The zero-order chi connectivity index (χ0) is 19.2. The molecule has 1 atom stereocenters. The first kappa shape index (κ1) is 19.5. The van der Waals surface area contributed by atoms with Crippen LogP contribution < -0.4 is 0 Å². The molecule has 2 aromatic carbocycles. The third-order valence-corrected chi connectivity index (χ3v) is 4.83. The van der Waals surface area contributed by atoms with Gasteiger partial charge in [0.25, 0.3) is 0 Å². The molecule has 0 saturated heterocycles. The van der Waals surface area contributed by atoms with Gasteiger partial charge in [-0.2, -0.15) is 0 Å². The number of carbonyl (C=O) groups is 1. The third kappa shape index (κ3) is 4.52. The number of hydrogen-bond acceptors (Lipinski definition) is 3. The van der Waals surface area contributed by atoms with E-state index >= 15 is 0 Å². The van der Waals surface area contributed by atoms with E-state index in [2.05, 4.69) is 6.07 Å². The van der Waals surface area contributed by atoms with E-state index in [1.165, 1.54) is 24.3 Å². The number of hydrogen-bond donors (Lipinski definition) is 0. The fourth-order valence-electron chi connectivity index (χ4n) is 3.58. The van der Waals surface area contributed by atoms with Crippen molar-refractivity contribution >= 4 is 11.4 Å². The first-order valence-electron chi connectivity index (χ1n) is 9.47. The molecule has 27 heavy (non-hydrogen) atoms. The molecule has 1 aliphatic rings. The van der Waals surface area contributed by atoms with Crippen molar-refractivity contribution in [3.63, 3.8) is 0 Å². The van der Waals surface area contributed by atoms with Crippen LogP contribution in [0.3, 0.4) is 0 Å². The van der Waals surface area contributed by atoms with E-state index < -0.39 is 0 Å². The summed E-state index contributed by atoms with van der Waals surface area (Å²) in [5.41, 5.74) is 3.25. The van der Waals surface area contributed by atoms with Crippen LogP contribution in [0.2, 0.25) is 0 Å².